The van der Waals surface area contributed by atoms with Crippen LogP contribution in [0.2, 0.25) is 0 Å². The molecule has 0 aliphatic carbocycles. The molecule has 1 aromatic rings. The van der Waals surface area contributed by atoms with Gasteiger partial charge in [-0.15, -0.1) is 0 Å². The van der Waals surface area contributed by atoms with Gasteiger partial charge in [0.2, 0.25) is 0 Å². The van der Waals surface area contributed by atoms with Crippen molar-refractivity contribution in [3.63, 3.8) is 0 Å². The molecule has 1 unspecified atom stereocenters. The van der Waals surface area contributed by atoms with E-state index < -0.39 is 0 Å². The summed E-state index contributed by atoms with van der Waals surface area (Å²) < 4.78 is 5.42. The SMILES string of the molecule is CN(Cc1ccccn1)C(CN)C1CCOCC1. The lowest BCUT2D eigenvalue weighted by atomic mass is 9.91. The van der Waals surface area contributed by atoms with Gasteiger partial charge >= 0.3 is 0 Å². The van der Waals surface area contributed by atoms with Gasteiger partial charge in [-0.25, -0.2) is 0 Å². The van der Waals surface area contributed by atoms with Gasteiger partial charge in [-0.05, 0) is 37.9 Å². The van der Waals surface area contributed by atoms with Crippen LogP contribution in [0.15, 0.2) is 24.4 Å². The summed E-state index contributed by atoms with van der Waals surface area (Å²) in [6.45, 7) is 3.31. The predicted molar refractivity (Wildman–Crippen MR) is 72.1 cm³/mol. The number of hydrogen-bond acceptors (Lipinski definition) is 4. The second kappa shape index (κ2) is 6.83. The van der Waals surface area contributed by atoms with Crippen LogP contribution < -0.4 is 5.73 Å². The van der Waals surface area contributed by atoms with Gasteiger partial charge in [0.25, 0.3) is 0 Å². The molecule has 0 radical (unpaired) electrons. The molecule has 4 heteroatoms. The molecule has 0 aromatic carbocycles. The van der Waals surface area contributed by atoms with E-state index in [-0.39, 0.29) is 0 Å². The van der Waals surface area contributed by atoms with Crippen molar-refractivity contribution in [3.8, 4) is 0 Å². The largest absolute Gasteiger partial charge is 0.381 e. The van der Waals surface area contributed by atoms with Crippen molar-refractivity contribution < 1.29 is 4.74 Å². The lowest BCUT2D eigenvalue weighted by molar-refractivity contribution is 0.0319. The van der Waals surface area contributed by atoms with E-state index in [1.165, 1.54) is 0 Å². The van der Waals surface area contributed by atoms with E-state index in [0.29, 0.717) is 18.5 Å². The molecule has 1 saturated heterocycles. The second-order valence-corrected chi connectivity index (χ2v) is 4.99. The standard InChI is InChI=1S/C14H23N3O/c1-17(11-13-4-2-3-7-16-13)14(10-15)12-5-8-18-9-6-12/h2-4,7,12,14H,5-6,8-11,15H2,1H3. The first kappa shape index (κ1) is 13.5. The molecule has 1 fully saturated rings. The maximum atomic E-state index is 5.96. The molecule has 1 aromatic heterocycles. The number of nitrogens with zero attached hydrogens (tertiary/aromatic N) is 2. The Balaban J connectivity index is 1.94. The average Bonchev–Trinajstić information content (AvgIpc) is 2.42. The molecular formula is C14H23N3O. The second-order valence-electron chi connectivity index (χ2n) is 4.99. The van der Waals surface area contributed by atoms with Crippen molar-refractivity contribution in [1.29, 1.82) is 0 Å². The number of aromatic nitrogens is 1. The predicted octanol–water partition coefficient (Wildman–Crippen LogP) is 1.27. The molecule has 4 nitrogen and oxygen atoms in total. The van der Waals surface area contributed by atoms with Crippen LogP contribution in [-0.2, 0) is 11.3 Å². The van der Waals surface area contributed by atoms with E-state index in [9.17, 15) is 0 Å². The number of nitrogens with two attached hydrogens (primary N) is 1. The van der Waals surface area contributed by atoms with E-state index in [2.05, 4.69) is 23.0 Å². The monoisotopic (exact) mass is 249 g/mol. The fourth-order valence-corrected chi connectivity index (χ4v) is 2.70. The molecule has 0 saturated carbocycles. The Kier molecular flexibility index (Phi) is 5.11. The maximum absolute atomic E-state index is 5.96. The number of rotatable bonds is 5. The van der Waals surface area contributed by atoms with Crippen molar-refractivity contribution in [3.05, 3.63) is 30.1 Å². The van der Waals surface area contributed by atoms with Crippen LogP contribution in [0.25, 0.3) is 0 Å². The summed E-state index contributed by atoms with van der Waals surface area (Å²) in [6, 6.07) is 6.47. The Morgan fingerprint density at radius 1 is 1.44 bits per heavy atom. The van der Waals surface area contributed by atoms with Crippen LogP contribution in [-0.4, -0.2) is 42.7 Å². The summed E-state index contributed by atoms with van der Waals surface area (Å²) in [5.74, 6) is 0.650. The molecule has 2 rings (SSSR count). The van der Waals surface area contributed by atoms with Gasteiger partial charge in [-0.2, -0.15) is 0 Å². The van der Waals surface area contributed by atoms with Crippen LogP contribution in [0, 0.1) is 5.92 Å². The van der Waals surface area contributed by atoms with Crippen LogP contribution in [0.4, 0.5) is 0 Å². The highest BCUT2D eigenvalue weighted by Gasteiger charge is 2.26. The minimum Gasteiger partial charge on any atom is -0.381 e. The fourth-order valence-electron chi connectivity index (χ4n) is 2.70. The zero-order valence-electron chi connectivity index (χ0n) is 11.1. The zero-order valence-corrected chi connectivity index (χ0v) is 11.1. The Bertz CT molecular complexity index is 338. The summed E-state index contributed by atoms with van der Waals surface area (Å²) in [5, 5.41) is 0. The minimum atomic E-state index is 0.427. The summed E-state index contributed by atoms with van der Waals surface area (Å²) >= 11 is 0. The molecule has 0 spiro atoms. The number of pyridine rings is 1. The molecule has 2 N–H and O–H groups in total. The normalized spacial score (nSPS) is 19.1. The smallest absolute Gasteiger partial charge is 0.0543 e. The molecule has 0 bridgehead atoms. The fraction of sp³-hybridized carbons (Fsp3) is 0.643. The third-order valence-corrected chi connectivity index (χ3v) is 3.76. The minimum absolute atomic E-state index is 0.427. The lowest BCUT2D eigenvalue weighted by Crippen LogP contribution is -2.45. The first-order chi connectivity index (χ1) is 8.81. The van der Waals surface area contributed by atoms with E-state index in [1.54, 1.807) is 0 Å². The Morgan fingerprint density at radius 3 is 2.83 bits per heavy atom. The van der Waals surface area contributed by atoms with Crippen molar-refractivity contribution in [1.82, 2.24) is 9.88 Å². The molecular weight excluding hydrogens is 226 g/mol. The first-order valence-corrected chi connectivity index (χ1v) is 6.69. The van der Waals surface area contributed by atoms with E-state index in [0.717, 1.165) is 38.3 Å². The Morgan fingerprint density at radius 2 is 2.22 bits per heavy atom. The molecule has 1 aliphatic heterocycles. The van der Waals surface area contributed by atoms with Gasteiger partial charge in [0.1, 0.15) is 0 Å². The van der Waals surface area contributed by atoms with Gasteiger partial charge in [0.15, 0.2) is 0 Å². The number of ether oxygens (including phenoxy) is 1. The van der Waals surface area contributed by atoms with E-state index in [1.807, 2.05) is 18.3 Å². The van der Waals surface area contributed by atoms with Gasteiger partial charge < -0.3 is 10.5 Å². The highest BCUT2D eigenvalue weighted by molar-refractivity contribution is 5.03. The molecule has 2 heterocycles. The zero-order chi connectivity index (χ0) is 12.8. The third kappa shape index (κ3) is 3.51. The molecule has 18 heavy (non-hydrogen) atoms. The summed E-state index contributed by atoms with van der Waals surface area (Å²) in [6.07, 6.45) is 4.08. The third-order valence-electron chi connectivity index (χ3n) is 3.76. The molecule has 1 atom stereocenters. The lowest BCUT2D eigenvalue weighted by Gasteiger charge is -2.35. The van der Waals surface area contributed by atoms with Crippen LogP contribution in [0.1, 0.15) is 18.5 Å². The van der Waals surface area contributed by atoms with E-state index in [4.69, 9.17) is 10.5 Å². The quantitative estimate of drug-likeness (QED) is 0.854. The topological polar surface area (TPSA) is 51.4 Å². The number of likely N-dealkylation sites (N-methyl/N-ethyl adjacent to an activating group) is 1. The maximum Gasteiger partial charge on any atom is 0.0543 e. The molecule has 0 amide bonds. The van der Waals surface area contributed by atoms with Crippen LogP contribution in [0.3, 0.4) is 0 Å². The van der Waals surface area contributed by atoms with Crippen molar-refractivity contribution in [2.24, 2.45) is 11.7 Å². The Hall–Kier alpha value is -0.970. The summed E-state index contributed by atoms with van der Waals surface area (Å²) in [7, 11) is 2.14. The molecule has 100 valence electrons. The summed E-state index contributed by atoms with van der Waals surface area (Å²) in [4.78, 5) is 6.71. The number of hydrogen-bond donors (Lipinski definition) is 1. The highest BCUT2D eigenvalue weighted by atomic mass is 16.5. The van der Waals surface area contributed by atoms with Crippen molar-refractivity contribution in [2.45, 2.75) is 25.4 Å². The van der Waals surface area contributed by atoms with Gasteiger partial charge in [-0.3, -0.25) is 9.88 Å². The van der Waals surface area contributed by atoms with Crippen molar-refractivity contribution >= 4 is 0 Å². The van der Waals surface area contributed by atoms with Gasteiger partial charge in [0, 0.05) is 38.5 Å². The average molecular weight is 249 g/mol. The van der Waals surface area contributed by atoms with Crippen LogP contribution in [0.5, 0.6) is 0 Å². The van der Waals surface area contributed by atoms with Crippen molar-refractivity contribution in [2.75, 3.05) is 26.8 Å². The van der Waals surface area contributed by atoms with Crippen LogP contribution >= 0.6 is 0 Å². The highest BCUT2D eigenvalue weighted by Crippen LogP contribution is 2.22. The van der Waals surface area contributed by atoms with Gasteiger partial charge in [-0.1, -0.05) is 6.07 Å². The van der Waals surface area contributed by atoms with Gasteiger partial charge in [0.05, 0.1) is 5.69 Å². The van der Waals surface area contributed by atoms with E-state index >= 15 is 0 Å². The first-order valence-electron chi connectivity index (χ1n) is 6.69. The molecule has 1 aliphatic rings. The summed E-state index contributed by atoms with van der Waals surface area (Å²) in [5.41, 5.74) is 7.06. The Labute approximate surface area is 109 Å².